The Balaban J connectivity index is 1.66. The topological polar surface area (TPSA) is 38.3 Å². The number of nitrogens with one attached hydrogen (secondary N) is 1. The van der Waals surface area contributed by atoms with Crippen molar-refractivity contribution in [3.05, 3.63) is 58.6 Å². The van der Waals surface area contributed by atoms with Gasteiger partial charge in [-0.05, 0) is 55.3 Å². The number of amides is 1. The van der Waals surface area contributed by atoms with E-state index >= 15 is 0 Å². The molecule has 3 nitrogen and oxygen atoms in total. The summed E-state index contributed by atoms with van der Waals surface area (Å²) in [5, 5.41) is 3.55. The van der Waals surface area contributed by atoms with Crippen LogP contribution < -0.4 is 10.1 Å². The highest BCUT2D eigenvalue weighted by Gasteiger charge is 2.04. The lowest BCUT2D eigenvalue weighted by atomic mass is 10.1. The van der Waals surface area contributed by atoms with E-state index in [1.165, 1.54) is 11.8 Å². The highest BCUT2D eigenvalue weighted by molar-refractivity contribution is 8.00. The van der Waals surface area contributed by atoms with Crippen molar-refractivity contribution in [3.63, 3.8) is 0 Å². The van der Waals surface area contributed by atoms with Gasteiger partial charge in [0.15, 0.2) is 0 Å². The minimum atomic E-state index is -0.00508. The molecule has 0 saturated heterocycles. The van der Waals surface area contributed by atoms with Crippen LogP contribution in [0.2, 0.25) is 5.02 Å². The van der Waals surface area contributed by atoms with Gasteiger partial charge in [0.25, 0.3) is 0 Å². The Morgan fingerprint density at radius 1 is 1.17 bits per heavy atom. The Bertz CT molecular complexity index is 659. The van der Waals surface area contributed by atoms with E-state index in [-0.39, 0.29) is 5.91 Å². The molecule has 0 unspecified atom stereocenters. The second-order valence-corrected chi connectivity index (χ2v) is 6.70. The van der Waals surface area contributed by atoms with Crippen molar-refractivity contribution in [2.45, 2.75) is 18.7 Å². The third-order valence-electron chi connectivity index (χ3n) is 3.21. The second-order valence-electron chi connectivity index (χ2n) is 5.21. The lowest BCUT2D eigenvalue weighted by molar-refractivity contribution is -0.118. The molecule has 122 valence electrons. The molecule has 0 fully saturated rings. The maximum Gasteiger partial charge on any atom is 0.230 e. The van der Waals surface area contributed by atoms with Gasteiger partial charge < -0.3 is 10.1 Å². The predicted molar refractivity (Wildman–Crippen MR) is 96.6 cm³/mol. The van der Waals surface area contributed by atoms with E-state index in [1.807, 2.05) is 50.2 Å². The van der Waals surface area contributed by atoms with Gasteiger partial charge in [-0.1, -0.05) is 23.7 Å². The summed E-state index contributed by atoms with van der Waals surface area (Å²) in [5.41, 5.74) is 2.26. The minimum absolute atomic E-state index is 0.00508. The van der Waals surface area contributed by atoms with E-state index in [0.717, 1.165) is 21.8 Å². The standard InChI is InChI=1S/C18H20ClNO2S/c1-13-3-4-14(2)17(11-13)22-10-9-20-18(21)12-23-16-7-5-15(19)6-8-16/h3-8,11H,9-10,12H2,1-2H3,(H,20,21). The third-order valence-corrected chi connectivity index (χ3v) is 4.47. The number of carbonyl (C=O) groups is 1. The van der Waals surface area contributed by atoms with Crippen molar-refractivity contribution in [3.8, 4) is 5.75 Å². The largest absolute Gasteiger partial charge is 0.491 e. The van der Waals surface area contributed by atoms with Crippen LogP contribution in [0.1, 0.15) is 11.1 Å². The molecule has 2 aromatic rings. The Morgan fingerprint density at radius 2 is 1.91 bits per heavy atom. The normalized spacial score (nSPS) is 10.4. The molecule has 0 spiro atoms. The molecule has 5 heteroatoms. The molecule has 0 aliphatic heterocycles. The number of rotatable bonds is 7. The summed E-state index contributed by atoms with van der Waals surface area (Å²) >= 11 is 7.31. The molecule has 23 heavy (non-hydrogen) atoms. The number of thioether (sulfide) groups is 1. The number of hydrogen-bond donors (Lipinski definition) is 1. The van der Waals surface area contributed by atoms with Crippen LogP contribution in [0.4, 0.5) is 0 Å². The number of aryl methyl sites for hydroxylation is 2. The first-order valence-corrected chi connectivity index (χ1v) is 8.76. The first-order chi connectivity index (χ1) is 11.0. The summed E-state index contributed by atoms with van der Waals surface area (Å²) in [7, 11) is 0. The van der Waals surface area contributed by atoms with Crippen LogP contribution >= 0.6 is 23.4 Å². The number of hydrogen-bond acceptors (Lipinski definition) is 3. The summed E-state index contributed by atoms with van der Waals surface area (Å²) in [6, 6.07) is 13.5. The molecule has 0 heterocycles. The minimum Gasteiger partial charge on any atom is -0.491 e. The highest BCUT2D eigenvalue weighted by Crippen LogP contribution is 2.20. The van der Waals surface area contributed by atoms with Crippen LogP contribution in [0, 0.1) is 13.8 Å². The SMILES string of the molecule is Cc1ccc(C)c(OCCNC(=O)CSc2ccc(Cl)cc2)c1. The van der Waals surface area contributed by atoms with E-state index in [4.69, 9.17) is 16.3 Å². The van der Waals surface area contributed by atoms with Crippen LogP contribution in [0.5, 0.6) is 5.75 Å². The Hall–Kier alpha value is -1.65. The average molecular weight is 350 g/mol. The molecule has 0 aliphatic carbocycles. The summed E-state index contributed by atoms with van der Waals surface area (Å²) in [4.78, 5) is 12.8. The van der Waals surface area contributed by atoms with E-state index in [2.05, 4.69) is 11.4 Å². The monoisotopic (exact) mass is 349 g/mol. The molecule has 0 atom stereocenters. The van der Waals surface area contributed by atoms with Crippen molar-refractivity contribution in [1.82, 2.24) is 5.32 Å². The Morgan fingerprint density at radius 3 is 2.65 bits per heavy atom. The van der Waals surface area contributed by atoms with E-state index in [9.17, 15) is 4.79 Å². The summed E-state index contributed by atoms with van der Waals surface area (Å²) < 4.78 is 5.71. The van der Waals surface area contributed by atoms with Crippen LogP contribution in [0.25, 0.3) is 0 Å². The zero-order valence-electron chi connectivity index (χ0n) is 13.3. The molecule has 0 aromatic heterocycles. The van der Waals surface area contributed by atoms with Gasteiger partial charge in [0.1, 0.15) is 12.4 Å². The van der Waals surface area contributed by atoms with Gasteiger partial charge in [-0.2, -0.15) is 0 Å². The van der Waals surface area contributed by atoms with Crippen LogP contribution in [-0.4, -0.2) is 24.8 Å². The van der Waals surface area contributed by atoms with E-state index < -0.39 is 0 Å². The molecular formula is C18H20ClNO2S. The number of ether oxygens (including phenoxy) is 1. The lowest BCUT2D eigenvalue weighted by Crippen LogP contribution is -2.29. The predicted octanol–water partition coefficient (Wildman–Crippen LogP) is 4.24. The smallest absolute Gasteiger partial charge is 0.230 e. The third kappa shape index (κ3) is 6.16. The fraction of sp³-hybridized carbons (Fsp3) is 0.278. The van der Waals surface area contributed by atoms with Crippen molar-refractivity contribution < 1.29 is 9.53 Å². The van der Waals surface area contributed by atoms with Gasteiger partial charge in [0.05, 0.1) is 12.3 Å². The zero-order valence-corrected chi connectivity index (χ0v) is 14.8. The van der Waals surface area contributed by atoms with Gasteiger partial charge in [-0.25, -0.2) is 0 Å². The van der Waals surface area contributed by atoms with Gasteiger partial charge >= 0.3 is 0 Å². The Labute approximate surface area is 146 Å². The van der Waals surface area contributed by atoms with E-state index in [0.29, 0.717) is 23.9 Å². The molecule has 2 rings (SSSR count). The average Bonchev–Trinajstić information content (AvgIpc) is 2.54. The molecule has 2 aromatic carbocycles. The van der Waals surface area contributed by atoms with Crippen molar-refractivity contribution >= 4 is 29.3 Å². The number of halogens is 1. The van der Waals surface area contributed by atoms with Gasteiger partial charge in [-0.3, -0.25) is 4.79 Å². The number of benzene rings is 2. The molecular weight excluding hydrogens is 330 g/mol. The molecule has 0 radical (unpaired) electrons. The maximum atomic E-state index is 11.8. The first-order valence-electron chi connectivity index (χ1n) is 7.40. The molecule has 1 amide bonds. The summed E-state index contributed by atoms with van der Waals surface area (Å²) in [6.07, 6.45) is 0. The van der Waals surface area contributed by atoms with Gasteiger partial charge in [-0.15, -0.1) is 11.8 Å². The van der Waals surface area contributed by atoms with E-state index in [1.54, 1.807) is 0 Å². The van der Waals surface area contributed by atoms with Crippen LogP contribution in [0.15, 0.2) is 47.4 Å². The first kappa shape index (κ1) is 17.7. The van der Waals surface area contributed by atoms with Crippen molar-refractivity contribution in [1.29, 1.82) is 0 Å². The Kier molecular flexibility index (Phi) is 6.81. The number of carbonyl (C=O) groups excluding carboxylic acids is 1. The van der Waals surface area contributed by atoms with Crippen LogP contribution in [-0.2, 0) is 4.79 Å². The van der Waals surface area contributed by atoms with Gasteiger partial charge in [0.2, 0.25) is 5.91 Å². The molecule has 0 aliphatic rings. The quantitative estimate of drug-likeness (QED) is 0.600. The lowest BCUT2D eigenvalue weighted by Gasteiger charge is -2.10. The zero-order chi connectivity index (χ0) is 16.7. The molecule has 0 bridgehead atoms. The van der Waals surface area contributed by atoms with Crippen molar-refractivity contribution in [2.75, 3.05) is 18.9 Å². The second kappa shape index (κ2) is 8.85. The highest BCUT2D eigenvalue weighted by atomic mass is 35.5. The molecule has 1 N–H and O–H groups in total. The molecule has 0 saturated carbocycles. The van der Waals surface area contributed by atoms with Crippen molar-refractivity contribution in [2.24, 2.45) is 0 Å². The summed E-state index contributed by atoms with van der Waals surface area (Å²) in [6.45, 7) is 4.99. The fourth-order valence-corrected chi connectivity index (χ4v) is 2.80. The maximum absolute atomic E-state index is 11.8. The summed E-state index contributed by atoms with van der Waals surface area (Å²) in [5.74, 6) is 1.25. The van der Waals surface area contributed by atoms with Gasteiger partial charge in [0, 0.05) is 9.92 Å². The fourth-order valence-electron chi connectivity index (χ4n) is 1.94. The van der Waals surface area contributed by atoms with Crippen LogP contribution in [0.3, 0.4) is 0 Å².